The van der Waals surface area contributed by atoms with Gasteiger partial charge in [0.05, 0.1) is 12.3 Å². The van der Waals surface area contributed by atoms with Crippen molar-refractivity contribution in [2.45, 2.75) is 0 Å². The molecule has 0 fully saturated rings. The number of carbonyl (C=O) groups is 1. The maximum absolute atomic E-state index is 10.9. The van der Waals surface area contributed by atoms with E-state index in [-0.39, 0.29) is 0 Å². The molecular formula is C16H18N2O3. The third kappa shape index (κ3) is 3.79. The number of nitrogens with zero attached hydrogens (tertiary/aromatic N) is 1. The summed E-state index contributed by atoms with van der Waals surface area (Å²) in [5, 5.41) is 3.12. The van der Waals surface area contributed by atoms with E-state index in [4.69, 9.17) is 9.47 Å². The standard InChI is InChI=1S/C16H18N2O3/c1-17-15-4-3-13(21-8-7-20-2)10-14(15)16-9-12(11-19)5-6-18-16/h3-6,9-11,17H,7-8H2,1-2H3. The van der Waals surface area contributed by atoms with Gasteiger partial charge in [0.1, 0.15) is 18.6 Å². The van der Waals surface area contributed by atoms with Crippen LogP contribution in [0.1, 0.15) is 10.4 Å². The summed E-state index contributed by atoms with van der Waals surface area (Å²) in [5.41, 5.74) is 3.12. The minimum atomic E-state index is 0.483. The van der Waals surface area contributed by atoms with Crippen molar-refractivity contribution in [2.24, 2.45) is 0 Å². The molecule has 5 nitrogen and oxygen atoms in total. The number of anilines is 1. The summed E-state index contributed by atoms with van der Waals surface area (Å²) in [5.74, 6) is 0.736. The molecule has 0 aliphatic rings. The number of methoxy groups -OCH3 is 1. The molecule has 2 aromatic rings. The first-order valence-electron chi connectivity index (χ1n) is 6.63. The highest BCUT2D eigenvalue weighted by atomic mass is 16.5. The Kier molecular flexibility index (Phi) is 5.29. The predicted octanol–water partition coefficient (Wildman–Crippen LogP) is 2.63. The average molecular weight is 286 g/mol. The van der Waals surface area contributed by atoms with Crippen molar-refractivity contribution < 1.29 is 14.3 Å². The van der Waals surface area contributed by atoms with Gasteiger partial charge in [0.25, 0.3) is 0 Å². The number of ether oxygens (including phenoxy) is 2. The first-order chi connectivity index (χ1) is 10.3. The van der Waals surface area contributed by atoms with Crippen LogP contribution in [0.5, 0.6) is 5.75 Å². The Morgan fingerprint density at radius 1 is 1.24 bits per heavy atom. The number of hydrogen-bond donors (Lipinski definition) is 1. The van der Waals surface area contributed by atoms with Gasteiger partial charge in [0.2, 0.25) is 0 Å². The van der Waals surface area contributed by atoms with Crippen LogP contribution >= 0.6 is 0 Å². The first kappa shape index (κ1) is 15.0. The summed E-state index contributed by atoms with van der Waals surface area (Å²) in [6, 6.07) is 9.14. The summed E-state index contributed by atoms with van der Waals surface area (Å²) in [6.07, 6.45) is 2.43. The van der Waals surface area contributed by atoms with Crippen molar-refractivity contribution >= 4 is 12.0 Å². The van der Waals surface area contributed by atoms with E-state index < -0.39 is 0 Å². The topological polar surface area (TPSA) is 60.5 Å². The molecule has 0 saturated carbocycles. The second-order valence-corrected chi connectivity index (χ2v) is 4.39. The smallest absolute Gasteiger partial charge is 0.150 e. The van der Waals surface area contributed by atoms with Crippen LogP contribution in [0, 0.1) is 0 Å². The van der Waals surface area contributed by atoms with Gasteiger partial charge in [-0.1, -0.05) is 0 Å². The molecule has 1 N–H and O–H groups in total. The van der Waals surface area contributed by atoms with E-state index in [2.05, 4.69) is 10.3 Å². The van der Waals surface area contributed by atoms with E-state index in [0.717, 1.165) is 29.0 Å². The van der Waals surface area contributed by atoms with Crippen LogP contribution in [-0.4, -0.2) is 38.6 Å². The number of rotatable bonds is 7. The zero-order chi connectivity index (χ0) is 15.1. The van der Waals surface area contributed by atoms with Gasteiger partial charge in [0, 0.05) is 37.2 Å². The van der Waals surface area contributed by atoms with Crippen LogP contribution in [0.3, 0.4) is 0 Å². The number of pyridine rings is 1. The molecule has 1 aromatic carbocycles. The molecule has 5 heteroatoms. The number of carbonyl (C=O) groups excluding carboxylic acids is 1. The summed E-state index contributed by atoms with van der Waals surface area (Å²) in [7, 11) is 3.47. The second-order valence-electron chi connectivity index (χ2n) is 4.39. The zero-order valence-corrected chi connectivity index (χ0v) is 12.1. The fraction of sp³-hybridized carbons (Fsp3) is 0.250. The maximum Gasteiger partial charge on any atom is 0.150 e. The van der Waals surface area contributed by atoms with Gasteiger partial charge in [0.15, 0.2) is 0 Å². The lowest BCUT2D eigenvalue weighted by Gasteiger charge is -2.12. The monoisotopic (exact) mass is 286 g/mol. The SMILES string of the molecule is CNc1ccc(OCCOC)cc1-c1cc(C=O)ccn1. The summed E-state index contributed by atoms with van der Waals surface area (Å²) < 4.78 is 10.6. The van der Waals surface area contributed by atoms with E-state index in [1.54, 1.807) is 25.4 Å². The minimum Gasteiger partial charge on any atom is -0.491 e. The van der Waals surface area contributed by atoms with Gasteiger partial charge in [-0.2, -0.15) is 0 Å². The molecule has 0 saturated heterocycles. The Balaban J connectivity index is 2.34. The molecule has 110 valence electrons. The number of benzene rings is 1. The number of aromatic nitrogens is 1. The highest BCUT2D eigenvalue weighted by Crippen LogP contribution is 2.30. The number of nitrogens with one attached hydrogen (secondary N) is 1. The Hall–Kier alpha value is -2.40. The van der Waals surface area contributed by atoms with Gasteiger partial charge < -0.3 is 14.8 Å². The molecule has 21 heavy (non-hydrogen) atoms. The summed E-state index contributed by atoms with van der Waals surface area (Å²) >= 11 is 0. The van der Waals surface area contributed by atoms with Crippen molar-refractivity contribution in [3.8, 4) is 17.0 Å². The average Bonchev–Trinajstić information content (AvgIpc) is 2.55. The van der Waals surface area contributed by atoms with Gasteiger partial charge in [-0.3, -0.25) is 9.78 Å². The molecule has 0 atom stereocenters. The van der Waals surface area contributed by atoms with Crippen molar-refractivity contribution in [1.82, 2.24) is 4.98 Å². The van der Waals surface area contributed by atoms with Crippen LogP contribution in [0.2, 0.25) is 0 Å². The van der Waals surface area contributed by atoms with Crippen LogP contribution in [0.25, 0.3) is 11.3 Å². The lowest BCUT2D eigenvalue weighted by atomic mass is 10.1. The highest BCUT2D eigenvalue weighted by molar-refractivity contribution is 5.81. The number of aldehydes is 1. The zero-order valence-electron chi connectivity index (χ0n) is 12.1. The molecule has 0 aliphatic heterocycles. The Morgan fingerprint density at radius 2 is 2.10 bits per heavy atom. The van der Waals surface area contributed by atoms with Gasteiger partial charge >= 0.3 is 0 Å². The molecule has 0 radical (unpaired) electrons. The van der Waals surface area contributed by atoms with Crippen LogP contribution in [0.15, 0.2) is 36.5 Å². The predicted molar refractivity (Wildman–Crippen MR) is 82.0 cm³/mol. The first-order valence-corrected chi connectivity index (χ1v) is 6.63. The van der Waals surface area contributed by atoms with Crippen molar-refractivity contribution in [1.29, 1.82) is 0 Å². The van der Waals surface area contributed by atoms with Gasteiger partial charge in [-0.05, 0) is 30.3 Å². The van der Waals surface area contributed by atoms with Crippen molar-refractivity contribution in [3.63, 3.8) is 0 Å². The molecule has 0 amide bonds. The molecule has 1 heterocycles. The molecule has 2 rings (SSSR count). The summed E-state index contributed by atoms with van der Waals surface area (Å²) in [6.45, 7) is 1.01. The maximum atomic E-state index is 10.9. The highest BCUT2D eigenvalue weighted by Gasteiger charge is 2.08. The lowest BCUT2D eigenvalue weighted by Crippen LogP contribution is -2.04. The second kappa shape index (κ2) is 7.40. The number of hydrogen-bond acceptors (Lipinski definition) is 5. The largest absolute Gasteiger partial charge is 0.491 e. The molecule has 0 unspecified atom stereocenters. The molecule has 0 aliphatic carbocycles. The van der Waals surface area contributed by atoms with E-state index in [1.807, 2.05) is 25.2 Å². The summed E-state index contributed by atoms with van der Waals surface area (Å²) in [4.78, 5) is 15.2. The Labute approximate surface area is 123 Å². The molecule has 0 bridgehead atoms. The Bertz CT molecular complexity index is 614. The van der Waals surface area contributed by atoms with Crippen LogP contribution in [-0.2, 0) is 4.74 Å². The van der Waals surface area contributed by atoms with Gasteiger partial charge in [-0.25, -0.2) is 0 Å². The molecular weight excluding hydrogens is 268 g/mol. The van der Waals surface area contributed by atoms with E-state index >= 15 is 0 Å². The quantitative estimate of drug-likeness (QED) is 0.626. The molecule has 1 aromatic heterocycles. The normalized spacial score (nSPS) is 10.2. The van der Waals surface area contributed by atoms with Crippen LogP contribution < -0.4 is 10.1 Å². The third-order valence-electron chi connectivity index (χ3n) is 3.01. The lowest BCUT2D eigenvalue weighted by molar-refractivity contribution is 0.112. The fourth-order valence-electron chi connectivity index (χ4n) is 1.95. The minimum absolute atomic E-state index is 0.483. The van der Waals surface area contributed by atoms with Crippen molar-refractivity contribution in [3.05, 3.63) is 42.1 Å². The Morgan fingerprint density at radius 3 is 2.81 bits per heavy atom. The van der Waals surface area contributed by atoms with Crippen molar-refractivity contribution in [2.75, 3.05) is 32.7 Å². The van der Waals surface area contributed by atoms with Crippen LogP contribution in [0.4, 0.5) is 5.69 Å². The van der Waals surface area contributed by atoms with E-state index in [9.17, 15) is 4.79 Å². The molecule has 0 spiro atoms. The van der Waals surface area contributed by atoms with E-state index in [0.29, 0.717) is 18.8 Å². The van der Waals surface area contributed by atoms with E-state index in [1.165, 1.54) is 0 Å². The van der Waals surface area contributed by atoms with Gasteiger partial charge in [-0.15, -0.1) is 0 Å². The third-order valence-corrected chi connectivity index (χ3v) is 3.01. The fourth-order valence-corrected chi connectivity index (χ4v) is 1.95.